The number of fused-ring (bicyclic) bond motifs is 1. The number of aliphatic hydroxyl groups is 1. The van der Waals surface area contributed by atoms with Crippen LogP contribution in [0.15, 0.2) is 29.1 Å². The number of H-pyrrole nitrogens is 1. The highest BCUT2D eigenvalue weighted by Gasteiger charge is 2.21. The third-order valence-electron chi connectivity index (χ3n) is 4.22. The van der Waals surface area contributed by atoms with Gasteiger partial charge in [-0.05, 0) is 31.5 Å². The number of hydrogen-bond acceptors (Lipinski definition) is 4. The van der Waals surface area contributed by atoms with E-state index in [2.05, 4.69) is 14.9 Å². The van der Waals surface area contributed by atoms with Crippen LogP contribution in [0.2, 0.25) is 0 Å². The van der Waals surface area contributed by atoms with Gasteiger partial charge in [0.15, 0.2) is 0 Å². The quantitative estimate of drug-likeness (QED) is 0.901. The summed E-state index contributed by atoms with van der Waals surface area (Å²) in [5, 5.41) is 10.2. The topological polar surface area (TPSA) is 69.2 Å². The molecule has 1 aromatic carbocycles. The molecule has 1 aliphatic rings. The average Bonchev–Trinajstić information content (AvgIpc) is 2.72. The maximum absolute atomic E-state index is 12.1. The summed E-state index contributed by atoms with van der Waals surface area (Å²) in [4.78, 5) is 21.8. The van der Waals surface area contributed by atoms with Gasteiger partial charge in [0.2, 0.25) is 0 Å². The number of aliphatic hydroxyl groups excluding tert-OH is 1. The lowest BCUT2D eigenvalue weighted by Crippen LogP contribution is -2.37. The van der Waals surface area contributed by atoms with E-state index in [0.717, 1.165) is 31.3 Å². The molecule has 112 valence electrons. The van der Waals surface area contributed by atoms with Crippen molar-refractivity contribution in [2.24, 2.45) is 0 Å². The number of rotatable bonds is 3. The van der Waals surface area contributed by atoms with Crippen molar-refractivity contribution in [1.29, 1.82) is 0 Å². The molecular formula is C16H21N3O2. The zero-order chi connectivity index (χ0) is 14.7. The van der Waals surface area contributed by atoms with Crippen LogP contribution in [0.4, 0.5) is 0 Å². The minimum Gasteiger partial charge on any atom is -0.395 e. The van der Waals surface area contributed by atoms with Crippen LogP contribution in [0.5, 0.6) is 0 Å². The monoisotopic (exact) mass is 287 g/mol. The van der Waals surface area contributed by atoms with Gasteiger partial charge in [-0.1, -0.05) is 25.0 Å². The van der Waals surface area contributed by atoms with E-state index in [1.165, 1.54) is 6.42 Å². The zero-order valence-electron chi connectivity index (χ0n) is 12.1. The van der Waals surface area contributed by atoms with Gasteiger partial charge in [0.05, 0.1) is 24.1 Å². The number of hydrogen-bond donors (Lipinski definition) is 2. The number of para-hydroxylation sites is 1. The average molecular weight is 287 g/mol. The second-order valence-electron chi connectivity index (χ2n) is 5.69. The smallest absolute Gasteiger partial charge is 0.258 e. The van der Waals surface area contributed by atoms with Gasteiger partial charge in [-0.2, -0.15) is 0 Å². The third kappa shape index (κ3) is 3.14. The third-order valence-corrected chi connectivity index (χ3v) is 4.22. The van der Waals surface area contributed by atoms with Crippen molar-refractivity contribution in [2.45, 2.75) is 38.3 Å². The Kier molecular flexibility index (Phi) is 4.31. The van der Waals surface area contributed by atoms with Crippen LogP contribution >= 0.6 is 0 Å². The standard InChI is InChI=1S/C16H21N3O2/c20-11-12-6-2-1-5-9-19(12)10-15-17-14-8-4-3-7-13(14)16(21)18-15/h3-4,7-8,12,20H,1-2,5-6,9-11H2,(H,17,18,21). The van der Waals surface area contributed by atoms with Crippen LogP contribution in [-0.4, -0.2) is 39.2 Å². The molecule has 0 radical (unpaired) electrons. The molecule has 1 fully saturated rings. The molecule has 2 heterocycles. The molecule has 5 nitrogen and oxygen atoms in total. The Morgan fingerprint density at radius 3 is 3.00 bits per heavy atom. The molecule has 3 rings (SSSR count). The Labute approximate surface area is 123 Å². The molecule has 0 aliphatic carbocycles. The lowest BCUT2D eigenvalue weighted by molar-refractivity contribution is 0.116. The molecule has 1 aromatic heterocycles. The SMILES string of the molecule is O=c1[nH]c(CN2CCCCCC2CO)nc2ccccc12. The van der Waals surface area contributed by atoms with Crippen molar-refractivity contribution in [1.82, 2.24) is 14.9 Å². The van der Waals surface area contributed by atoms with Crippen LogP contribution < -0.4 is 5.56 Å². The molecule has 0 spiro atoms. The predicted octanol–water partition coefficient (Wildman–Crippen LogP) is 1.66. The highest BCUT2D eigenvalue weighted by Crippen LogP contribution is 2.18. The number of benzene rings is 1. The van der Waals surface area contributed by atoms with Crippen molar-refractivity contribution in [3.63, 3.8) is 0 Å². The Morgan fingerprint density at radius 1 is 1.29 bits per heavy atom. The van der Waals surface area contributed by atoms with Gasteiger partial charge in [-0.25, -0.2) is 4.98 Å². The van der Waals surface area contributed by atoms with Gasteiger partial charge >= 0.3 is 0 Å². The first-order valence-electron chi connectivity index (χ1n) is 7.61. The maximum Gasteiger partial charge on any atom is 0.258 e. The van der Waals surface area contributed by atoms with Crippen LogP contribution in [-0.2, 0) is 6.54 Å². The van der Waals surface area contributed by atoms with Gasteiger partial charge in [0.25, 0.3) is 5.56 Å². The summed E-state index contributed by atoms with van der Waals surface area (Å²) >= 11 is 0. The van der Waals surface area contributed by atoms with Crippen LogP contribution in [0.1, 0.15) is 31.5 Å². The van der Waals surface area contributed by atoms with Crippen LogP contribution in [0, 0.1) is 0 Å². The Hall–Kier alpha value is -1.72. The molecule has 0 bridgehead atoms. The van der Waals surface area contributed by atoms with Crippen molar-refractivity contribution < 1.29 is 5.11 Å². The number of aromatic nitrogens is 2. The molecule has 5 heteroatoms. The Bertz CT molecular complexity index is 668. The summed E-state index contributed by atoms with van der Waals surface area (Å²) in [7, 11) is 0. The Morgan fingerprint density at radius 2 is 2.14 bits per heavy atom. The van der Waals surface area contributed by atoms with E-state index >= 15 is 0 Å². The number of likely N-dealkylation sites (tertiary alicyclic amines) is 1. The lowest BCUT2D eigenvalue weighted by Gasteiger charge is -2.27. The summed E-state index contributed by atoms with van der Waals surface area (Å²) in [6, 6.07) is 7.55. The first-order valence-corrected chi connectivity index (χ1v) is 7.61. The van der Waals surface area contributed by atoms with Crippen molar-refractivity contribution >= 4 is 10.9 Å². The first-order chi connectivity index (χ1) is 10.3. The number of nitrogens with zero attached hydrogens (tertiary/aromatic N) is 2. The van der Waals surface area contributed by atoms with Gasteiger partial charge in [-0.3, -0.25) is 9.69 Å². The summed E-state index contributed by atoms with van der Waals surface area (Å²) in [5.41, 5.74) is 0.637. The van der Waals surface area contributed by atoms with E-state index in [4.69, 9.17) is 0 Å². The fourth-order valence-electron chi connectivity index (χ4n) is 3.05. The van der Waals surface area contributed by atoms with Crippen molar-refractivity contribution in [2.75, 3.05) is 13.2 Å². The number of nitrogens with one attached hydrogen (secondary N) is 1. The van der Waals surface area contributed by atoms with Crippen LogP contribution in [0.3, 0.4) is 0 Å². The van der Waals surface area contributed by atoms with E-state index < -0.39 is 0 Å². The molecule has 2 N–H and O–H groups in total. The van der Waals surface area contributed by atoms with E-state index in [1.54, 1.807) is 6.07 Å². The van der Waals surface area contributed by atoms with E-state index in [1.807, 2.05) is 18.2 Å². The largest absolute Gasteiger partial charge is 0.395 e. The molecule has 2 aromatic rings. The zero-order valence-corrected chi connectivity index (χ0v) is 12.1. The first kappa shape index (κ1) is 14.2. The molecule has 1 unspecified atom stereocenters. The highest BCUT2D eigenvalue weighted by molar-refractivity contribution is 5.77. The van der Waals surface area contributed by atoms with Gasteiger partial charge in [0, 0.05) is 6.04 Å². The molecular weight excluding hydrogens is 266 g/mol. The Balaban J connectivity index is 1.88. The van der Waals surface area contributed by atoms with Gasteiger partial charge in [0.1, 0.15) is 5.82 Å². The fraction of sp³-hybridized carbons (Fsp3) is 0.500. The van der Waals surface area contributed by atoms with Gasteiger partial charge < -0.3 is 10.1 Å². The van der Waals surface area contributed by atoms with Crippen molar-refractivity contribution in [3.05, 3.63) is 40.4 Å². The summed E-state index contributed by atoms with van der Waals surface area (Å²) < 4.78 is 0. The van der Waals surface area contributed by atoms with Crippen LogP contribution in [0.25, 0.3) is 10.9 Å². The van der Waals surface area contributed by atoms with E-state index in [-0.39, 0.29) is 18.2 Å². The summed E-state index contributed by atoms with van der Waals surface area (Å²) in [6.45, 7) is 1.70. The maximum atomic E-state index is 12.1. The fourth-order valence-corrected chi connectivity index (χ4v) is 3.05. The molecule has 1 atom stereocenters. The predicted molar refractivity (Wildman–Crippen MR) is 82.1 cm³/mol. The minimum atomic E-state index is -0.0917. The summed E-state index contributed by atoms with van der Waals surface area (Å²) in [5.74, 6) is 0.680. The molecule has 1 saturated heterocycles. The number of aromatic amines is 1. The molecule has 0 saturated carbocycles. The summed E-state index contributed by atoms with van der Waals surface area (Å²) in [6.07, 6.45) is 4.50. The second kappa shape index (κ2) is 6.37. The van der Waals surface area contributed by atoms with E-state index in [9.17, 15) is 9.90 Å². The van der Waals surface area contributed by atoms with Gasteiger partial charge in [-0.15, -0.1) is 0 Å². The minimum absolute atomic E-state index is 0.0917. The molecule has 1 aliphatic heterocycles. The van der Waals surface area contributed by atoms with E-state index in [0.29, 0.717) is 17.8 Å². The molecule has 0 amide bonds. The van der Waals surface area contributed by atoms with Crippen molar-refractivity contribution in [3.8, 4) is 0 Å². The lowest BCUT2D eigenvalue weighted by atomic mass is 10.1. The highest BCUT2D eigenvalue weighted by atomic mass is 16.3. The molecule has 21 heavy (non-hydrogen) atoms. The second-order valence-corrected chi connectivity index (χ2v) is 5.69. The normalized spacial score (nSPS) is 20.5.